The zero-order valence-electron chi connectivity index (χ0n) is 7.06. The summed E-state index contributed by atoms with van der Waals surface area (Å²) in [6.45, 7) is 0.133. The van der Waals surface area contributed by atoms with Crippen molar-refractivity contribution in [3.8, 4) is 0 Å². The number of sulfone groups is 1. The lowest BCUT2D eigenvalue weighted by Crippen LogP contribution is -2.10. The van der Waals surface area contributed by atoms with Crippen molar-refractivity contribution in [3.63, 3.8) is 0 Å². The molecule has 0 radical (unpaired) electrons. The number of anilines is 1. The maximum absolute atomic E-state index is 11.1. The molecule has 4 N–H and O–H groups in total. The number of hydrogen-bond acceptors (Lipinski definition) is 6. The van der Waals surface area contributed by atoms with Crippen LogP contribution in [0.25, 0.3) is 0 Å². The van der Waals surface area contributed by atoms with Gasteiger partial charge in [0.05, 0.1) is 12.7 Å². The van der Waals surface area contributed by atoms with Crippen molar-refractivity contribution < 1.29 is 8.42 Å². The molecule has 13 heavy (non-hydrogen) atoms. The van der Waals surface area contributed by atoms with E-state index in [1.165, 1.54) is 6.20 Å². The molecular weight excluding hydrogens is 192 g/mol. The van der Waals surface area contributed by atoms with E-state index in [4.69, 9.17) is 11.5 Å². The first kappa shape index (κ1) is 9.87. The van der Waals surface area contributed by atoms with Gasteiger partial charge in [0.15, 0.2) is 9.84 Å². The van der Waals surface area contributed by atoms with Crippen LogP contribution in [-0.2, 0) is 16.4 Å². The normalized spacial score (nSPS) is 11.5. The largest absolute Gasteiger partial charge is 0.383 e. The SMILES string of the molecule is CS(=O)(=O)c1cnc(CN)nc1N. The average molecular weight is 202 g/mol. The molecule has 0 fully saturated rings. The van der Waals surface area contributed by atoms with E-state index in [1.54, 1.807) is 0 Å². The van der Waals surface area contributed by atoms with Crippen LogP contribution >= 0.6 is 0 Å². The van der Waals surface area contributed by atoms with Crippen LogP contribution in [0.3, 0.4) is 0 Å². The first-order valence-electron chi connectivity index (χ1n) is 3.46. The second-order valence-corrected chi connectivity index (χ2v) is 4.50. The maximum atomic E-state index is 11.1. The number of nitrogen functional groups attached to an aromatic ring is 1. The molecule has 0 aliphatic rings. The maximum Gasteiger partial charge on any atom is 0.180 e. The van der Waals surface area contributed by atoms with Gasteiger partial charge in [-0.25, -0.2) is 18.4 Å². The van der Waals surface area contributed by atoms with Crippen LogP contribution in [0.4, 0.5) is 5.82 Å². The molecule has 0 unspecified atom stereocenters. The molecule has 0 saturated carbocycles. The Hall–Kier alpha value is -1.21. The monoisotopic (exact) mass is 202 g/mol. The summed E-state index contributed by atoms with van der Waals surface area (Å²) < 4.78 is 22.1. The molecule has 0 aromatic carbocycles. The summed E-state index contributed by atoms with van der Waals surface area (Å²) in [5.41, 5.74) is 10.6. The third-order valence-electron chi connectivity index (χ3n) is 1.41. The molecule has 0 saturated heterocycles. The fraction of sp³-hybridized carbons (Fsp3) is 0.333. The minimum absolute atomic E-state index is 0.0575. The van der Waals surface area contributed by atoms with E-state index in [1.807, 2.05) is 0 Å². The van der Waals surface area contributed by atoms with Crippen LogP contribution in [0.5, 0.6) is 0 Å². The van der Waals surface area contributed by atoms with Gasteiger partial charge in [0, 0.05) is 6.26 Å². The van der Waals surface area contributed by atoms with E-state index in [-0.39, 0.29) is 17.3 Å². The van der Waals surface area contributed by atoms with Crippen molar-refractivity contribution in [2.75, 3.05) is 12.0 Å². The molecule has 0 bridgehead atoms. The third-order valence-corrected chi connectivity index (χ3v) is 2.53. The minimum atomic E-state index is -3.35. The third kappa shape index (κ3) is 2.13. The Morgan fingerprint density at radius 1 is 1.54 bits per heavy atom. The van der Waals surface area contributed by atoms with Crippen LogP contribution in [0.2, 0.25) is 0 Å². The second kappa shape index (κ2) is 3.27. The summed E-state index contributed by atoms with van der Waals surface area (Å²) in [5, 5.41) is 0. The number of aromatic nitrogens is 2. The van der Waals surface area contributed by atoms with E-state index >= 15 is 0 Å². The molecule has 7 heteroatoms. The van der Waals surface area contributed by atoms with Crippen molar-refractivity contribution in [1.29, 1.82) is 0 Å². The lowest BCUT2D eigenvalue weighted by atomic mass is 10.5. The summed E-state index contributed by atoms with van der Waals surface area (Å²) in [6.07, 6.45) is 2.21. The summed E-state index contributed by atoms with van der Waals surface area (Å²) >= 11 is 0. The predicted octanol–water partition coefficient (Wildman–Crippen LogP) is -1.08. The van der Waals surface area contributed by atoms with Crippen LogP contribution in [0, 0.1) is 0 Å². The zero-order valence-corrected chi connectivity index (χ0v) is 7.87. The van der Waals surface area contributed by atoms with Crippen LogP contribution in [-0.4, -0.2) is 24.6 Å². The number of rotatable bonds is 2. The Morgan fingerprint density at radius 3 is 2.54 bits per heavy atom. The van der Waals surface area contributed by atoms with Gasteiger partial charge < -0.3 is 11.5 Å². The Labute approximate surface area is 75.9 Å². The predicted molar refractivity (Wildman–Crippen MR) is 47.4 cm³/mol. The van der Waals surface area contributed by atoms with Crippen molar-refractivity contribution in [2.24, 2.45) is 5.73 Å². The summed E-state index contributed by atoms with van der Waals surface area (Å²) in [5.74, 6) is 0.267. The van der Waals surface area contributed by atoms with Crippen molar-refractivity contribution in [2.45, 2.75) is 11.4 Å². The Bertz CT molecular complexity index is 415. The molecule has 0 atom stereocenters. The fourth-order valence-electron chi connectivity index (χ4n) is 0.806. The number of hydrogen-bond donors (Lipinski definition) is 2. The van der Waals surface area contributed by atoms with Gasteiger partial charge in [-0.05, 0) is 0 Å². The summed E-state index contributed by atoms with van der Waals surface area (Å²) in [7, 11) is -3.35. The van der Waals surface area contributed by atoms with Crippen LogP contribution in [0.1, 0.15) is 5.82 Å². The Balaban J connectivity index is 3.29. The van der Waals surface area contributed by atoms with E-state index in [0.717, 1.165) is 6.26 Å². The lowest BCUT2D eigenvalue weighted by Gasteiger charge is -2.02. The highest BCUT2D eigenvalue weighted by molar-refractivity contribution is 7.90. The quantitative estimate of drug-likeness (QED) is 0.631. The first-order valence-corrected chi connectivity index (χ1v) is 5.36. The van der Waals surface area contributed by atoms with Gasteiger partial charge in [-0.3, -0.25) is 0 Å². The molecule has 6 nitrogen and oxygen atoms in total. The first-order chi connectivity index (χ1) is 5.95. The average Bonchev–Trinajstić information content (AvgIpc) is 2.01. The summed E-state index contributed by atoms with van der Waals surface area (Å²) in [4.78, 5) is 7.38. The van der Waals surface area contributed by atoms with Crippen molar-refractivity contribution in [3.05, 3.63) is 12.0 Å². The highest BCUT2D eigenvalue weighted by Gasteiger charge is 2.13. The number of nitrogens with zero attached hydrogens (tertiary/aromatic N) is 2. The smallest absolute Gasteiger partial charge is 0.180 e. The molecule has 0 aliphatic heterocycles. The van der Waals surface area contributed by atoms with Gasteiger partial charge in [-0.15, -0.1) is 0 Å². The van der Waals surface area contributed by atoms with Crippen molar-refractivity contribution in [1.82, 2.24) is 9.97 Å². The molecule has 1 heterocycles. The molecule has 1 aromatic rings. The van der Waals surface area contributed by atoms with E-state index in [2.05, 4.69) is 9.97 Å². The number of nitrogens with two attached hydrogens (primary N) is 2. The zero-order chi connectivity index (χ0) is 10.1. The standard InChI is InChI=1S/C6H10N4O2S/c1-13(11,12)4-3-9-5(2-7)10-6(4)8/h3H,2,7H2,1H3,(H2,8,9,10). The van der Waals surface area contributed by atoms with Gasteiger partial charge in [0.25, 0.3) is 0 Å². The molecule has 0 spiro atoms. The van der Waals surface area contributed by atoms with Gasteiger partial charge in [0.1, 0.15) is 16.5 Å². The van der Waals surface area contributed by atoms with Gasteiger partial charge >= 0.3 is 0 Å². The molecule has 0 amide bonds. The topological polar surface area (TPSA) is 112 Å². The highest BCUT2D eigenvalue weighted by Crippen LogP contribution is 2.13. The summed E-state index contributed by atoms with van der Waals surface area (Å²) in [6, 6.07) is 0. The van der Waals surface area contributed by atoms with E-state index < -0.39 is 9.84 Å². The molecular formula is C6H10N4O2S. The van der Waals surface area contributed by atoms with Gasteiger partial charge in [0.2, 0.25) is 0 Å². The molecule has 1 rings (SSSR count). The Morgan fingerprint density at radius 2 is 2.15 bits per heavy atom. The minimum Gasteiger partial charge on any atom is -0.383 e. The van der Waals surface area contributed by atoms with Crippen LogP contribution in [0.15, 0.2) is 11.1 Å². The van der Waals surface area contributed by atoms with E-state index in [0.29, 0.717) is 5.82 Å². The highest BCUT2D eigenvalue weighted by atomic mass is 32.2. The van der Waals surface area contributed by atoms with Gasteiger partial charge in [-0.2, -0.15) is 0 Å². The van der Waals surface area contributed by atoms with Crippen molar-refractivity contribution >= 4 is 15.7 Å². The molecule has 72 valence electrons. The Kier molecular flexibility index (Phi) is 2.48. The van der Waals surface area contributed by atoms with E-state index in [9.17, 15) is 8.42 Å². The fourth-order valence-corrected chi connectivity index (χ4v) is 1.48. The lowest BCUT2D eigenvalue weighted by molar-refractivity contribution is 0.601. The van der Waals surface area contributed by atoms with Gasteiger partial charge in [-0.1, -0.05) is 0 Å². The molecule has 0 aliphatic carbocycles. The second-order valence-electron chi connectivity index (χ2n) is 2.51. The van der Waals surface area contributed by atoms with Crippen LogP contribution < -0.4 is 11.5 Å². The molecule has 1 aromatic heterocycles.